The maximum Gasteiger partial charge on any atom is 0.414 e. The number of hydrazine groups is 1. The fourth-order valence-corrected chi connectivity index (χ4v) is 4.17. The van der Waals surface area contributed by atoms with E-state index in [1.807, 2.05) is 0 Å². The van der Waals surface area contributed by atoms with E-state index < -0.39 is 42.5 Å². The van der Waals surface area contributed by atoms with Gasteiger partial charge >= 0.3 is 12.2 Å². The molecule has 0 aliphatic carbocycles. The summed E-state index contributed by atoms with van der Waals surface area (Å²) in [5.74, 6) is -3.33. The number of halogens is 4. The molecule has 2 fully saturated rings. The smallest absolute Gasteiger partial charge is 0.414 e. The van der Waals surface area contributed by atoms with Crippen LogP contribution in [0.25, 0.3) is 0 Å². The molecule has 0 unspecified atom stereocenters. The normalized spacial score (nSPS) is 17.2. The minimum absolute atomic E-state index is 0.0877. The number of hydrogen-bond acceptors (Lipinski definition) is 8. The number of amides is 2. The van der Waals surface area contributed by atoms with Crippen molar-refractivity contribution in [3.63, 3.8) is 0 Å². The Hall–Kier alpha value is -4.29. The van der Waals surface area contributed by atoms with Crippen molar-refractivity contribution in [2.75, 3.05) is 42.5 Å². The second-order valence-corrected chi connectivity index (χ2v) is 8.48. The van der Waals surface area contributed by atoms with Gasteiger partial charge in [0.15, 0.2) is 17.4 Å². The van der Waals surface area contributed by atoms with Crippen LogP contribution in [0.2, 0.25) is 0 Å². The molecule has 1 atom stereocenters. The Balaban J connectivity index is 0.00000134. The summed E-state index contributed by atoms with van der Waals surface area (Å²) in [6.45, 7) is 0.683. The Morgan fingerprint density at radius 3 is 2.31 bits per heavy atom. The molecule has 208 valence electrons. The van der Waals surface area contributed by atoms with Crippen molar-refractivity contribution in [2.45, 2.75) is 25.4 Å². The van der Waals surface area contributed by atoms with Gasteiger partial charge in [-0.25, -0.2) is 27.8 Å². The SMILES string of the molecule is O=C(CC[C@H]1CN(c2cc(F)c(N3CCNN(C(=O)c4ccccc4)CC3)c(F)c2)C(=O)O1)C(F)F.O=C=O. The zero-order chi connectivity index (χ0) is 28.5. The van der Waals surface area contributed by atoms with Gasteiger partial charge in [0.25, 0.3) is 12.3 Å². The van der Waals surface area contributed by atoms with Crippen LogP contribution in [0.1, 0.15) is 23.2 Å². The van der Waals surface area contributed by atoms with Crippen molar-refractivity contribution >= 4 is 35.3 Å². The average Bonchev–Trinajstić information content (AvgIpc) is 3.12. The molecule has 14 heteroatoms. The van der Waals surface area contributed by atoms with E-state index in [1.165, 1.54) is 9.91 Å². The van der Waals surface area contributed by atoms with Crippen LogP contribution in [0, 0.1) is 11.6 Å². The number of anilines is 2. The summed E-state index contributed by atoms with van der Waals surface area (Å²) >= 11 is 0. The van der Waals surface area contributed by atoms with Crippen LogP contribution in [-0.4, -0.2) is 74.2 Å². The van der Waals surface area contributed by atoms with E-state index in [0.717, 1.165) is 17.0 Å². The third-order valence-corrected chi connectivity index (χ3v) is 6.00. The van der Waals surface area contributed by atoms with Gasteiger partial charge in [0.2, 0.25) is 0 Å². The van der Waals surface area contributed by atoms with Crippen molar-refractivity contribution in [2.24, 2.45) is 0 Å². The van der Waals surface area contributed by atoms with Gasteiger partial charge in [-0.15, -0.1) is 0 Å². The summed E-state index contributed by atoms with van der Waals surface area (Å²) in [5.41, 5.74) is 3.07. The molecular weight excluding hydrogens is 528 g/mol. The highest BCUT2D eigenvalue weighted by molar-refractivity contribution is 5.94. The van der Waals surface area contributed by atoms with Crippen molar-refractivity contribution < 1.29 is 46.3 Å². The molecule has 1 N–H and O–H groups in total. The van der Waals surface area contributed by atoms with Crippen molar-refractivity contribution in [1.82, 2.24) is 10.4 Å². The van der Waals surface area contributed by atoms with E-state index in [4.69, 9.17) is 14.3 Å². The number of ether oxygens (including phenoxy) is 1. The number of rotatable bonds is 7. The van der Waals surface area contributed by atoms with Crippen LogP contribution < -0.4 is 15.2 Å². The van der Waals surface area contributed by atoms with E-state index >= 15 is 8.78 Å². The van der Waals surface area contributed by atoms with Crippen LogP contribution in [0.3, 0.4) is 0 Å². The van der Waals surface area contributed by atoms with Gasteiger partial charge < -0.3 is 9.64 Å². The Morgan fingerprint density at radius 1 is 1.05 bits per heavy atom. The first-order valence-corrected chi connectivity index (χ1v) is 11.8. The second kappa shape index (κ2) is 13.5. The molecule has 2 aromatic carbocycles. The van der Waals surface area contributed by atoms with E-state index in [1.54, 1.807) is 30.3 Å². The number of ketones is 1. The third-order valence-electron chi connectivity index (χ3n) is 6.00. The minimum atomic E-state index is -3.10. The molecule has 39 heavy (non-hydrogen) atoms. The monoisotopic (exact) mass is 552 g/mol. The number of nitrogens with one attached hydrogen (secondary N) is 1. The van der Waals surface area contributed by atoms with Crippen LogP contribution in [0.5, 0.6) is 0 Å². The highest BCUT2D eigenvalue weighted by atomic mass is 19.3. The van der Waals surface area contributed by atoms with Crippen LogP contribution in [0.15, 0.2) is 42.5 Å². The summed E-state index contributed by atoms with van der Waals surface area (Å²) in [7, 11) is 0. The van der Waals surface area contributed by atoms with Gasteiger partial charge in [0, 0.05) is 43.8 Å². The fraction of sp³-hybridized carbons (Fsp3) is 0.360. The number of alkyl halides is 2. The number of nitrogens with zero attached hydrogens (tertiary/aromatic N) is 3. The first-order valence-electron chi connectivity index (χ1n) is 11.8. The molecule has 2 aromatic rings. The summed E-state index contributed by atoms with van der Waals surface area (Å²) in [5, 5.41) is 1.40. The summed E-state index contributed by atoms with van der Waals surface area (Å²) in [6, 6.07) is 10.6. The molecule has 2 heterocycles. The molecule has 10 nitrogen and oxygen atoms in total. The van der Waals surface area contributed by atoms with Gasteiger partial charge in [0.1, 0.15) is 11.8 Å². The quantitative estimate of drug-likeness (QED) is 0.522. The molecule has 0 radical (unpaired) electrons. The van der Waals surface area contributed by atoms with Gasteiger partial charge in [0.05, 0.1) is 18.8 Å². The van der Waals surface area contributed by atoms with Crippen LogP contribution in [-0.2, 0) is 19.1 Å². The zero-order valence-electron chi connectivity index (χ0n) is 20.4. The topological polar surface area (TPSA) is 116 Å². The molecule has 2 saturated heterocycles. The Labute approximate surface area is 220 Å². The lowest BCUT2D eigenvalue weighted by Crippen LogP contribution is -2.43. The lowest BCUT2D eigenvalue weighted by atomic mass is 10.1. The molecular formula is C25H24F4N4O6. The van der Waals surface area contributed by atoms with Crippen LogP contribution in [0.4, 0.5) is 33.7 Å². The molecule has 4 rings (SSSR count). The van der Waals surface area contributed by atoms with E-state index in [0.29, 0.717) is 5.56 Å². The molecule has 0 aromatic heterocycles. The number of carbonyl (C=O) groups excluding carboxylic acids is 5. The predicted octanol–water partition coefficient (Wildman–Crippen LogP) is 2.79. The van der Waals surface area contributed by atoms with Gasteiger partial charge in [-0.2, -0.15) is 9.59 Å². The Bertz CT molecular complexity index is 1200. The number of hydrogen-bond donors (Lipinski definition) is 1. The first kappa shape index (κ1) is 29.3. The number of Topliss-reactive ketones (excluding diaryl/α,β-unsaturated/α-hetero) is 1. The van der Waals surface area contributed by atoms with Crippen molar-refractivity contribution in [3.8, 4) is 0 Å². The predicted molar refractivity (Wildman–Crippen MR) is 127 cm³/mol. The van der Waals surface area contributed by atoms with Crippen LogP contribution >= 0.6 is 0 Å². The molecule has 2 aliphatic rings. The molecule has 2 aliphatic heterocycles. The fourth-order valence-electron chi connectivity index (χ4n) is 4.17. The Kier molecular flexibility index (Phi) is 10.1. The summed E-state index contributed by atoms with van der Waals surface area (Å²) < 4.78 is 60.0. The van der Waals surface area contributed by atoms with Crippen molar-refractivity contribution in [1.29, 1.82) is 0 Å². The number of cyclic esters (lactones) is 1. The highest BCUT2D eigenvalue weighted by Gasteiger charge is 2.34. The number of benzene rings is 2. The van der Waals surface area contributed by atoms with E-state index in [-0.39, 0.29) is 62.6 Å². The van der Waals surface area contributed by atoms with E-state index in [9.17, 15) is 23.2 Å². The lowest BCUT2D eigenvalue weighted by Gasteiger charge is -2.25. The zero-order valence-corrected chi connectivity index (χ0v) is 20.4. The average molecular weight is 552 g/mol. The largest absolute Gasteiger partial charge is 0.444 e. The maximum atomic E-state index is 15.1. The first-order chi connectivity index (χ1) is 18.7. The third kappa shape index (κ3) is 7.39. The summed E-state index contributed by atoms with van der Waals surface area (Å²) in [6.07, 6.45) is -5.18. The van der Waals surface area contributed by atoms with Gasteiger partial charge in [-0.3, -0.25) is 19.5 Å². The molecule has 0 bridgehead atoms. The lowest BCUT2D eigenvalue weighted by molar-refractivity contribution is -0.191. The van der Waals surface area contributed by atoms with E-state index in [2.05, 4.69) is 5.43 Å². The summed E-state index contributed by atoms with van der Waals surface area (Å²) in [4.78, 5) is 54.7. The number of carbonyl (C=O) groups is 3. The van der Waals surface area contributed by atoms with Gasteiger partial charge in [-0.05, 0) is 18.6 Å². The van der Waals surface area contributed by atoms with Crippen molar-refractivity contribution in [3.05, 3.63) is 59.7 Å². The molecule has 0 saturated carbocycles. The second-order valence-electron chi connectivity index (χ2n) is 8.48. The highest BCUT2D eigenvalue weighted by Crippen LogP contribution is 2.32. The molecule has 2 amide bonds. The minimum Gasteiger partial charge on any atom is -0.444 e. The Morgan fingerprint density at radius 2 is 1.69 bits per heavy atom. The van der Waals surface area contributed by atoms with Gasteiger partial charge in [-0.1, -0.05) is 18.2 Å². The molecule has 0 spiro atoms. The maximum absolute atomic E-state index is 15.1. The standard InChI is InChI=1S/C24H24F4N4O4.CO2/c25-18-12-16(31-14-17(36-24(31)35)6-7-20(33)22(27)28)13-19(26)21(18)30-9-8-29-32(11-10-30)23(34)15-4-2-1-3-5-15;2-1-3/h1-5,12-13,17,22,29H,6-11,14H2;/t17-;/m0./s1.